The van der Waals surface area contributed by atoms with Crippen molar-refractivity contribution in [3.63, 3.8) is 0 Å². The van der Waals surface area contributed by atoms with E-state index in [0.717, 1.165) is 75.7 Å². The van der Waals surface area contributed by atoms with Gasteiger partial charge in [0.15, 0.2) is 0 Å². The van der Waals surface area contributed by atoms with E-state index in [9.17, 15) is 0 Å². The van der Waals surface area contributed by atoms with Crippen LogP contribution in [-0.4, -0.2) is 64.3 Å². The lowest BCUT2D eigenvalue weighted by atomic mass is 10.2. The van der Waals surface area contributed by atoms with E-state index in [1.54, 1.807) is 0 Å². The molecule has 30 heavy (non-hydrogen) atoms. The van der Waals surface area contributed by atoms with Crippen molar-refractivity contribution >= 4 is 34.7 Å². The van der Waals surface area contributed by atoms with Gasteiger partial charge in [0.2, 0.25) is 0 Å². The van der Waals surface area contributed by atoms with E-state index < -0.39 is 0 Å². The zero-order chi connectivity index (χ0) is 20.2. The van der Waals surface area contributed by atoms with Gasteiger partial charge >= 0.3 is 11.9 Å². The molecule has 0 aliphatic carbocycles. The second-order valence-electron chi connectivity index (χ2n) is 7.77. The molecule has 0 bridgehead atoms. The van der Waals surface area contributed by atoms with Crippen LogP contribution < -0.4 is 41.1 Å². The maximum atomic E-state index is 3.38. The van der Waals surface area contributed by atoms with Crippen molar-refractivity contribution in [1.82, 2.24) is 10.6 Å². The van der Waals surface area contributed by atoms with Crippen molar-refractivity contribution < 1.29 is 9.98 Å². The summed E-state index contributed by atoms with van der Waals surface area (Å²) in [6.45, 7) is 7.99. The number of guanidine groups is 2. The summed E-state index contributed by atoms with van der Waals surface area (Å²) in [6, 6.07) is 17.4. The molecule has 2 aromatic rings. The molecule has 8 heteroatoms. The van der Waals surface area contributed by atoms with Gasteiger partial charge in [-0.1, -0.05) is 0 Å². The summed E-state index contributed by atoms with van der Waals surface area (Å²) in [6.07, 6.45) is 0. The Labute approximate surface area is 177 Å². The first kappa shape index (κ1) is 18.6. The second kappa shape index (κ2) is 8.52. The number of piperazine rings is 1. The lowest BCUT2D eigenvalue weighted by molar-refractivity contribution is -0.444. The molecule has 8 nitrogen and oxygen atoms in total. The molecule has 2 aromatic carbocycles. The van der Waals surface area contributed by atoms with Crippen LogP contribution in [0.25, 0.3) is 0 Å². The van der Waals surface area contributed by atoms with E-state index in [4.69, 9.17) is 0 Å². The van der Waals surface area contributed by atoms with Gasteiger partial charge in [0, 0.05) is 37.6 Å². The number of hydrogen-bond donors (Lipinski definition) is 6. The van der Waals surface area contributed by atoms with Gasteiger partial charge in [-0.15, -0.1) is 0 Å². The number of rotatable bonds is 4. The summed E-state index contributed by atoms with van der Waals surface area (Å²) in [7, 11) is 0. The van der Waals surface area contributed by atoms with Gasteiger partial charge in [-0.25, -0.2) is 10.6 Å². The third kappa shape index (κ3) is 4.27. The zero-order valence-electron chi connectivity index (χ0n) is 17.2. The van der Waals surface area contributed by atoms with Crippen molar-refractivity contribution in [3.8, 4) is 0 Å². The zero-order valence-corrected chi connectivity index (χ0v) is 17.2. The molecule has 0 radical (unpaired) electrons. The highest BCUT2D eigenvalue weighted by Gasteiger charge is 2.19. The Morgan fingerprint density at radius 2 is 1.00 bits per heavy atom. The molecule has 3 aliphatic heterocycles. The Morgan fingerprint density at radius 1 is 0.600 bits per heavy atom. The van der Waals surface area contributed by atoms with E-state index in [1.165, 1.54) is 11.4 Å². The average Bonchev–Trinajstić information content (AvgIpc) is 3.50. The first-order valence-corrected chi connectivity index (χ1v) is 10.8. The monoisotopic (exact) mass is 406 g/mol. The van der Waals surface area contributed by atoms with Crippen LogP contribution in [0.1, 0.15) is 0 Å². The third-order valence-corrected chi connectivity index (χ3v) is 5.74. The fourth-order valence-electron chi connectivity index (χ4n) is 4.07. The quantitative estimate of drug-likeness (QED) is 0.350. The van der Waals surface area contributed by atoms with Crippen molar-refractivity contribution in [1.29, 1.82) is 0 Å². The van der Waals surface area contributed by atoms with Crippen LogP contribution >= 0.6 is 0 Å². The predicted molar refractivity (Wildman–Crippen MR) is 122 cm³/mol. The number of benzene rings is 2. The molecule has 0 spiro atoms. The van der Waals surface area contributed by atoms with Gasteiger partial charge < -0.3 is 9.80 Å². The lowest BCUT2D eigenvalue weighted by Gasteiger charge is -2.37. The van der Waals surface area contributed by atoms with E-state index in [2.05, 4.69) is 89.6 Å². The Hall–Kier alpha value is -3.42. The molecule has 0 atom stereocenters. The van der Waals surface area contributed by atoms with E-state index in [-0.39, 0.29) is 0 Å². The van der Waals surface area contributed by atoms with E-state index >= 15 is 0 Å². The molecule has 0 amide bonds. The molecule has 1 saturated heterocycles. The first-order valence-electron chi connectivity index (χ1n) is 10.8. The molecule has 5 rings (SSSR count). The molecule has 0 saturated carbocycles. The maximum Gasteiger partial charge on any atom is 0.348 e. The molecule has 3 aliphatic rings. The Kier molecular flexibility index (Phi) is 5.28. The minimum absolute atomic E-state index is 0.970. The van der Waals surface area contributed by atoms with Gasteiger partial charge in [-0.3, -0.25) is 20.6 Å². The van der Waals surface area contributed by atoms with Crippen LogP contribution in [0.4, 0.5) is 22.7 Å². The highest BCUT2D eigenvalue weighted by atomic mass is 15.3. The average molecular weight is 407 g/mol. The normalized spacial score (nSPS) is 18.4. The summed E-state index contributed by atoms with van der Waals surface area (Å²) in [5, 5.41) is 13.3. The number of anilines is 4. The predicted octanol–water partition coefficient (Wildman–Crippen LogP) is -2.08. The molecule has 156 valence electrons. The lowest BCUT2D eigenvalue weighted by Crippen LogP contribution is -2.72. The van der Waals surface area contributed by atoms with Crippen molar-refractivity contribution in [3.05, 3.63) is 48.5 Å². The highest BCUT2D eigenvalue weighted by Crippen LogP contribution is 2.23. The summed E-state index contributed by atoms with van der Waals surface area (Å²) in [5.74, 6) is 1.99. The molecule has 0 unspecified atom stereocenters. The second-order valence-corrected chi connectivity index (χ2v) is 7.77. The Morgan fingerprint density at radius 3 is 1.33 bits per heavy atom. The van der Waals surface area contributed by atoms with Crippen LogP contribution in [0, 0.1) is 0 Å². The molecular formula is C22H30N8+2. The summed E-state index contributed by atoms with van der Waals surface area (Å²) in [5.41, 5.74) is 4.77. The largest absolute Gasteiger partial charge is 0.368 e. The fraction of sp³-hybridized carbons (Fsp3) is 0.364. The smallest absolute Gasteiger partial charge is 0.348 e. The Bertz CT molecular complexity index is 834. The van der Waals surface area contributed by atoms with Crippen molar-refractivity contribution in [2.24, 2.45) is 0 Å². The van der Waals surface area contributed by atoms with Crippen LogP contribution in [-0.2, 0) is 0 Å². The van der Waals surface area contributed by atoms with Crippen LogP contribution in [0.15, 0.2) is 48.5 Å². The van der Waals surface area contributed by atoms with Gasteiger partial charge in [0.05, 0.1) is 37.6 Å². The minimum Gasteiger partial charge on any atom is -0.368 e. The van der Waals surface area contributed by atoms with E-state index in [0.29, 0.717) is 0 Å². The van der Waals surface area contributed by atoms with Crippen molar-refractivity contribution in [2.45, 2.75) is 0 Å². The number of nitrogens with zero attached hydrogens (tertiary/aromatic N) is 2. The minimum atomic E-state index is 0.970. The molecular weight excluding hydrogens is 376 g/mol. The molecule has 6 N–H and O–H groups in total. The van der Waals surface area contributed by atoms with Crippen LogP contribution in [0.5, 0.6) is 0 Å². The van der Waals surface area contributed by atoms with Gasteiger partial charge in [-0.2, -0.15) is 0 Å². The standard InChI is InChI=1S/C22H28N8/c1-5-19(6-2-17(1)27-21-23-9-10-24-21)29-13-15-30(16-14-29)20-7-3-18(4-8-20)28-22-25-11-12-26-22/h1-8H,9-16H2,(H2,23,24,27)(H2,25,26,28)/p+2. The van der Waals surface area contributed by atoms with Crippen molar-refractivity contribution in [2.75, 3.05) is 72.8 Å². The summed E-state index contributed by atoms with van der Waals surface area (Å²) in [4.78, 5) is 11.5. The molecule has 0 aromatic heterocycles. The SMILES string of the molecule is c1cc(N2CCN(c3ccc(NC4=[NH+]CCN4)cc3)CC2)ccc1NC1=[NH+]CCN1. The van der Waals surface area contributed by atoms with Gasteiger partial charge in [0.25, 0.3) is 0 Å². The number of nitrogens with one attached hydrogen (secondary N) is 6. The molecule has 3 heterocycles. The van der Waals surface area contributed by atoms with Crippen LogP contribution in [0.2, 0.25) is 0 Å². The Balaban J connectivity index is 1.14. The van der Waals surface area contributed by atoms with Gasteiger partial charge in [0.1, 0.15) is 0 Å². The van der Waals surface area contributed by atoms with Gasteiger partial charge in [-0.05, 0) is 48.5 Å². The molecule has 1 fully saturated rings. The first-order chi connectivity index (χ1) is 14.8. The summed E-state index contributed by atoms with van der Waals surface area (Å²) >= 11 is 0. The number of hydrogen-bond acceptors (Lipinski definition) is 6. The van der Waals surface area contributed by atoms with Crippen LogP contribution in [0.3, 0.4) is 0 Å². The topological polar surface area (TPSA) is 82.5 Å². The highest BCUT2D eigenvalue weighted by molar-refractivity contribution is 5.90. The fourth-order valence-corrected chi connectivity index (χ4v) is 4.07. The van der Waals surface area contributed by atoms with E-state index in [1.807, 2.05) is 0 Å². The maximum absolute atomic E-state index is 3.38. The third-order valence-electron chi connectivity index (χ3n) is 5.74. The summed E-state index contributed by atoms with van der Waals surface area (Å²) < 4.78 is 0.